The van der Waals surface area contributed by atoms with Gasteiger partial charge in [0.15, 0.2) is 6.04 Å². The van der Waals surface area contributed by atoms with Gasteiger partial charge < -0.3 is 15.5 Å². The molecule has 11 heteroatoms. The van der Waals surface area contributed by atoms with E-state index in [4.69, 9.17) is 10.2 Å². The number of aliphatic hydroxyl groups is 1. The van der Waals surface area contributed by atoms with Gasteiger partial charge in [-0.05, 0) is 0 Å². The maximum absolute atomic E-state index is 11.7. The number of non-ortho nitro benzene ring substituents is 2. The number of nitrogens with zero attached hydrogens (tertiary/aromatic N) is 2. The molecule has 0 radical (unpaired) electrons. The second-order valence-electron chi connectivity index (χ2n) is 3.80. The molecule has 0 heterocycles. The van der Waals surface area contributed by atoms with E-state index in [1.54, 1.807) is 0 Å². The van der Waals surface area contributed by atoms with E-state index in [2.05, 4.69) is 0 Å². The Kier molecular flexibility index (Phi) is 4.86. The van der Waals surface area contributed by atoms with Gasteiger partial charge in [-0.25, -0.2) is 4.79 Å². The number of carbonyl (C=O) groups excluding carboxylic acids is 1. The third-order valence-corrected chi connectivity index (χ3v) is 2.37. The zero-order valence-corrected chi connectivity index (χ0v) is 10.3. The molecule has 0 saturated carbocycles. The summed E-state index contributed by atoms with van der Waals surface area (Å²) in [6.45, 7) is -0.905. The summed E-state index contributed by atoms with van der Waals surface area (Å²) in [5.41, 5.74) is -1.84. The van der Waals surface area contributed by atoms with E-state index >= 15 is 0 Å². The van der Waals surface area contributed by atoms with Crippen LogP contribution in [0, 0.1) is 20.2 Å². The van der Waals surface area contributed by atoms with Gasteiger partial charge >= 0.3 is 5.97 Å². The smallest absolute Gasteiger partial charge is 0.328 e. The number of hydrogen-bond donors (Lipinski definition) is 3. The number of nitro groups is 2. The highest BCUT2D eigenvalue weighted by atomic mass is 16.6. The number of carboxylic acids is 1. The third-order valence-electron chi connectivity index (χ3n) is 2.37. The van der Waals surface area contributed by atoms with E-state index in [0.29, 0.717) is 6.07 Å². The lowest BCUT2D eigenvalue weighted by molar-refractivity contribution is -0.394. The summed E-state index contributed by atoms with van der Waals surface area (Å²) in [7, 11) is 0. The van der Waals surface area contributed by atoms with Crippen molar-refractivity contribution in [3.05, 3.63) is 44.0 Å². The van der Waals surface area contributed by atoms with E-state index < -0.39 is 51.3 Å². The highest BCUT2D eigenvalue weighted by molar-refractivity contribution is 5.97. The number of aliphatic hydroxyl groups excluding tert-OH is 1. The molecule has 1 rings (SSSR count). The first-order chi connectivity index (χ1) is 9.76. The summed E-state index contributed by atoms with van der Waals surface area (Å²) in [6, 6.07) is 0.560. The van der Waals surface area contributed by atoms with E-state index in [-0.39, 0.29) is 0 Å². The Balaban J connectivity index is 3.16. The molecule has 21 heavy (non-hydrogen) atoms. The zero-order chi connectivity index (χ0) is 16.2. The van der Waals surface area contributed by atoms with E-state index in [1.165, 1.54) is 0 Å². The van der Waals surface area contributed by atoms with Crippen molar-refractivity contribution in [1.82, 2.24) is 5.32 Å². The summed E-state index contributed by atoms with van der Waals surface area (Å²) in [5.74, 6) is -2.62. The molecule has 0 aliphatic carbocycles. The number of nitro benzene ring substituents is 2. The summed E-state index contributed by atoms with van der Waals surface area (Å²) >= 11 is 0. The topological polar surface area (TPSA) is 173 Å². The molecular formula is C10H9N3O8. The molecule has 3 N–H and O–H groups in total. The van der Waals surface area contributed by atoms with Crippen LogP contribution in [0.4, 0.5) is 11.4 Å². The molecule has 1 amide bonds. The Hall–Kier alpha value is -3.08. The number of carboxylic acid groups (broad SMARTS) is 1. The SMILES string of the molecule is O=C(N[C@H](CO)C(=O)O)c1cc([N+](=O)[O-])cc([N+](=O)[O-])c1. The van der Waals surface area contributed by atoms with Crippen molar-refractivity contribution in [2.75, 3.05) is 6.61 Å². The molecule has 0 saturated heterocycles. The molecule has 0 aliphatic heterocycles. The molecule has 0 aromatic heterocycles. The van der Waals surface area contributed by atoms with Gasteiger partial charge in [0.2, 0.25) is 0 Å². The van der Waals surface area contributed by atoms with Crippen LogP contribution < -0.4 is 5.32 Å². The molecule has 0 spiro atoms. The fraction of sp³-hybridized carbons (Fsp3) is 0.200. The Morgan fingerprint density at radius 1 is 1.14 bits per heavy atom. The Morgan fingerprint density at radius 2 is 1.62 bits per heavy atom. The number of rotatable bonds is 6. The standard InChI is InChI=1S/C10H9N3O8/c14-4-8(10(16)17)11-9(15)5-1-6(12(18)19)3-7(2-5)13(20)21/h1-3,8,14H,4H2,(H,11,15)(H,16,17)/t8-/m1/s1. The second-order valence-corrected chi connectivity index (χ2v) is 3.80. The average molecular weight is 299 g/mol. The van der Waals surface area contributed by atoms with Gasteiger partial charge in [-0.1, -0.05) is 0 Å². The fourth-order valence-corrected chi connectivity index (χ4v) is 1.36. The van der Waals surface area contributed by atoms with Gasteiger partial charge in [-0.15, -0.1) is 0 Å². The van der Waals surface area contributed by atoms with Crippen molar-refractivity contribution in [2.45, 2.75) is 6.04 Å². The molecule has 0 fully saturated rings. The van der Waals surface area contributed by atoms with Crippen molar-refractivity contribution >= 4 is 23.3 Å². The minimum Gasteiger partial charge on any atom is -0.480 e. The van der Waals surface area contributed by atoms with Crippen molar-refractivity contribution in [3.8, 4) is 0 Å². The maximum Gasteiger partial charge on any atom is 0.328 e. The van der Waals surface area contributed by atoms with Crippen LogP contribution in [-0.2, 0) is 4.79 Å². The van der Waals surface area contributed by atoms with E-state index in [0.717, 1.165) is 12.1 Å². The van der Waals surface area contributed by atoms with Gasteiger partial charge in [0, 0.05) is 12.1 Å². The summed E-state index contributed by atoms with van der Waals surface area (Å²) in [6.07, 6.45) is 0. The normalized spacial score (nSPS) is 11.5. The van der Waals surface area contributed by atoms with Crippen LogP contribution in [0.5, 0.6) is 0 Å². The van der Waals surface area contributed by atoms with Crippen LogP contribution in [0.15, 0.2) is 18.2 Å². The van der Waals surface area contributed by atoms with Crippen LogP contribution in [0.2, 0.25) is 0 Å². The number of aliphatic carboxylic acids is 1. The summed E-state index contributed by atoms with van der Waals surface area (Å²) in [4.78, 5) is 41.9. The lowest BCUT2D eigenvalue weighted by Gasteiger charge is -2.11. The molecule has 0 aliphatic rings. The second kappa shape index (κ2) is 6.38. The minimum atomic E-state index is -1.63. The van der Waals surface area contributed by atoms with E-state index in [1.807, 2.05) is 5.32 Å². The molecule has 0 unspecified atom stereocenters. The van der Waals surface area contributed by atoms with Crippen LogP contribution in [0.3, 0.4) is 0 Å². The maximum atomic E-state index is 11.7. The minimum absolute atomic E-state index is 0.462. The highest BCUT2D eigenvalue weighted by Gasteiger charge is 2.23. The number of hydrogen-bond acceptors (Lipinski definition) is 7. The predicted molar refractivity (Wildman–Crippen MR) is 65.7 cm³/mol. The Morgan fingerprint density at radius 3 is 1.95 bits per heavy atom. The Labute approximate surface area is 116 Å². The summed E-state index contributed by atoms with van der Waals surface area (Å²) < 4.78 is 0. The van der Waals surface area contributed by atoms with Gasteiger partial charge in [-0.3, -0.25) is 25.0 Å². The highest BCUT2D eigenvalue weighted by Crippen LogP contribution is 2.22. The van der Waals surface area contributed by atoms with Gasteiger partial charge in [0.25, 0.3) is 17.3 Å². The number of carbonyl (C=O) groups is 2. The first-order valence-corrected chi connectivity index (χ1v) is 5.34. The molecule has 1 atom stereocenters. The summed E-state index contributed by atoms with van der Waals surface area (Å²) in [5, 5.41) is 40.6. The van der Waals surface area contributed by atoms with Gasteiger partial charge in [-0.2, -0.15) is 0 Å². The quantitative estimate of drug-likeness (QED) is 0.473. The number of amides is 1. The van der Waals surface area contributed by atoms with Crippen molar-refractivity contribution in [3.63, 3.8) is 0 Å². The van der Waals surface area contributed by atoms with Crippen LogP contribution in [-0.4, -0.2) is 44.6 Å². The molecule has 11 nitrogen and oxygen atoms in total. The lowest BCUT2D eigenvalue weighted by atomic mass is 10.1. The molecule has 1 aromatic carbocycles. The molecule has 1 aromatic rings. The van der Waals surface area contributed by atoms with Crippen LogP contribution in [0.25, 0.3) is 0 Å². The Bertz CT molecular complexity index is 582. The van der Waals surface area contributed by atoms with Crippen LogP contribution in [0.1, 0.15) is 10.4 Å². The molecular weight excluding hydrogens is 290 g/mol. The average Bonchev–Trinajstić information content (AvgIpc) is 2.43. The first-order valence-electron chi connectivity index (χ1n) is 5.34. The number of benzene rings is 1. The lowest BCUT2D eigenvalue weighted by Crippen LogP contribution is -2.43. The number of nitrogens with one attached hydrogen (secondary N) is 1. The fourth-order valence-electron chi connectivity index (χ4n) is 1.36. The van der Waals surface area contributed by atoms with Gasteiger partial charge in [0.05, 0.1) is 28.1 Å². The van der Waals surface area contributed by atoms with Crippen molar-refractivity contribution in [2.24, 2.45) is 0 Å². The zero-order valence-electron chi connectivity index (χ0n) is 10.3. The van der Waals surface area contributed by atoms with Crippen molar-refractivity contribution < 1.29 is 29.6 Å². The van der Waals surface area contributed by atoms with Crippen molar-refractivity contribution in [1.29, 1.82) is 0 Å². The predicted octanol–water partition coefficient (Wildman–Crippen LogP) is -0.322. The molecule has 0 bridgehead atoms. The van der Waals surface area contributed by atoms with E-state index in [9.17, 15) is 29.8 Å². The van der Waals surface area contributed by atoms with Gasteiger partial charge in [0.1, 0.15) is 0 Å². The van der Waals surface area contributed by atoms with Crippen LogP contribution >= 0.6 is 0 Å². The first kappa shape index (κ1) is 16.0. The largest absolute Gasteiger partial charge is 0.480 e. The molecule has 112 valence electrons. The third kappa shape index (κ3) is 3.94. The monoisotopic (exact) mass is 299 g/mol.